The van der Waals surface area contributed by atoms with Gasteiger partial charge >= 0.3 is 0 Å². The van der Waals surface area contributed by atoms with E-state index in [1.165, 1.54) is 6.33 Å². The molecule has 0 saturated carbocycles. The Morgan fingerprint density at radius 3 is 3.19 bits per heavy atom. The second-order valence-corrected chi connectivity index (χ2v) is 4.98. The molecule has 6 nitrogen and oxygen atoms in total. The minimum atomic E-state index is 0.141. The number of nitrogens with zero attached hydrogens (tertiary/aromatic N) is 3. The van der Waals surface area contributed by atoms with Crippen molar-refractivity contribution in [2.75, 3.05) is 13.2 Å². The van der Waals surface area contributed by atoms with Crippen LogP contribution in [0.15, 0.2) is 36.8 Å². The Hall–Kier alpha value is -2.47. The number of H-pyrrole nitrogens is 1. The molecule has 4 rings (SSSR count). The number of aromatic nitrogens is 4. The molecule has 106 valence electrons. The molecule has 2 aromatic heterocycles. The Labute approximate surface area is 121 Å². The first-order valence-electron chi connectivity index (χ1n) is 6.89. The number of nitrogens with one attached hydrogen (secondary N) is 1. The van der Waals surface area contributed by atoms with Crippen LogP contribution in [0.3, 0.4) is 0 Å². The molecule has 1 aliphatic heterocycles. The van der Waals surface area contributed by atoms with Gasteiger partial charge in [0.15, 0.2) is 5.65 Å². The van der Waals surface area contributed by atoms with Crippen molar-refractivity contribution in [1.82, 2.24) is 19.9 Å². The molecule has 21 heavy (non-hydrogen) atoms. The van der Waals surface area contributed by atoms with Crippen molar-refractivity contribution in [2.24, 2.45) is 0 Å². The standard InChI is InChI=1S/C15H14N4O2/c1-2-10(6-11(3-1)21-12-4-5-20-8-12)14-18-13-7-16-9-17-15(13)19-14/h1-3,6-7,9,12H,4-5,8H2,(H,16,17,18,19)/t12-/m0/s1. The molecule has 1 aromatic carbocycles. The van der Waals surface area contributed by atoms with Crippen LogP contribution in [0, 0.1) is 0 Å². The Bertz CT molecular complexity index is 732. The molecule has 1 fully saturated rings. The molecule has 3 heterocycles. The summed E-state index contributed by atoms with van der Waals surface area (Å²) < 4.78 is 11.2. The van der Waals surface area contributed by atoms with E-state index >= 15 is 0 Å². The number of ether oxygens (including phenoxy) is 2. The summed E-state index contributed by atoms with van der Waals surface area (Å²) in [5, 5.41) is 0. The van der Waals surface area contributed by atoms with Gasteiger partial charge in [0, 0.05) is 12.0 Å². The molecule has 0 unspecified atom stereocenters. The van der Waals surface area contributed by atoms with Crippen LogP contribution >= 0.6 is 0 Å². The van der Waals surface area contributed by atoms with Crippen molar-refractivity contribution in [3.05, 3.63) is 36.8 Å². The van der Waals surface area contributed by atoms with Crippen molar-refractivity contribution >= 4 is 11.2 Å². The van der Waals surface area contributed by atoms with Gasteiger partial charge in [0.2, 0.25) is 0 Å². The third kappa shape index (κ3) is 2.45. The summed E-state index contributed by atoms with van der Waals surface area (Å²) in [7, 11) is 0. The van der Waals surface area contributed by atoms with E-state index in [0.717, 1.165) is 35.7 Å². The lowest BCUT2D eigenvalue weighted by Gasteiger charge is -2.12. The summed E-state index contributed by atoms with van der Waals surface area (Å²) >= 11 is 0. The van der Waals surface area contributed by atoms with E-state index in [0.29, 0.717) is 12.3 Å². The van der Waals surface area contributed by atoms with Gasteiger partial charge in [-0.3, -0.25) is 0 Å². The quantitative estimate of drug-likeness (QED) is 0.797. The summed E-state index contributed by atoms with van der Waals surface area (Å²) in [4.78, 5) is 15.8. The lowest BCUT2D eigenvalue weighted by Crippen LogP contribution is -2.15. The molecule has 0 radical (unpaired) electrons. The zero-order chi connectivity index (χ0) is 14.1. The molecule has 1 aliphatic rings. The molecule has 0 spiro atoms. The molecule has 1 saturated heterocycles. The van der Waals surface area contributed by atoms with E-state index < -0.39 is 0 Å². The van der Waals surface area contributed by atoms with Gasteiger partial charge in [-0.15, -0.1) is 0 Å². The van der Waals surface area contributed by atoms with E-state index in [2.05, 4.69) is 19.9 Å². The first-order valence-corrected chi connectivity index (χ1v) is 6.89. The molecule has 1 atom stereocenters. The fraction of sp³-hybridized carbons (Fsp3) is 0.267. The number of hydrogen-bond acceptors (Lipinski definition) is 5. The minimum absolute atomic E-state index is 0.141. The van der Waals surface area contributed by atoms with Crippen LogP contribution in [0.2, 0.25) is 0 Å². The van der Waals surface area contributed by atoms with Crippen molar-refractivity contribution in [3.63, 3.8) is 0 Å². The van der Waals surface area contributed by atoms with Crippen molar-refractivity contribution in [1.29, 1.82) is 0 Å². The number of aromatic amines is 1. The lowest BCUT2D eigenvalue weighted by molar-refractivity contribution is 0.141. The van der Waals surface area contributed by atoms with Gasteiger partial charge in [-0.1, -0.05) is 12.1 Å². The summed E-state index contributed by atoms with van der Waals surface area (Å²) in [6, 6.07) is 7.87. The van der Waals surface area contributed by atoms with Crippen molar-refractivity contribution in [3.8, 4) is 17.1 Å². The van der Waals surface area contributed by atoms with E-state index in [1.54, 1.807) is 6.20 Å². The zero-order valence-electron chi connectivity index (χ0n) is 11.3. The van der Waals surface area contributed by atoms with Gasteiger partial charge in [-0.05, 0) is 12.1 Å². The molecule has 3 aromatic rings. The van der Waals surface area contributed by atoms with E-state index in [1.807, 2.05) is 24.3 Å². The minimum Gasteiger partial charge on any atom is -0.488 e. The lowest BCUT2D eigenvalue weighted by atomic mass is 10.2. The van der Waals surface area contributed by atoms with Gasteiger partial charge in [0.05, 0.1) is 19.4 Å². The number of imidazole rings is 1. The highest BCUT2D eigenvalue weighted by Gasteiger charge is 2.17. The highest BCUT2D eigenvalue weighted by atomic mass is 16.5. The Morgan fingerprint density at radius 1 is 1.33 bits per heavy atom. The van der Waals surface area contributed by atoms with Crippen LogP contribution in [-0.2, 0) is 4.74 Å². The Kier molecular flexibility index (Phi) is 3.01. The highest BCUT2D eigenvalue weighted by molar-refractivity contribution is 5.75. The molecular formula is C15H14N4O2. The third-order valence-electron chi connectivity index (χ3n) is 3.46. The molecule has 6 heteroatoms. The van der Waals surface area contributed by atoms with Gasteiger partial charge < -0.3 is 14.5 Å². The zero-order valence-corrected chi connectivity index (χ0v) is 11.3. The SMILES string of the molecule is c1cc(O[C@H]2CCOC2)cc(-c2nc3ncncc3[nH]2)c1. The summed E-state index contributed by atoms with van der Waals surface area (Å²) in [6.07, 6.45) is 4.29. The number of benzene rings is 1. The van der Waals surface area contributed by atoms with Gasteiger partial charge in [0.1, 0.15) is 29.5 Å². The first kappa shape index (κ1) is 12.3. The van der Waals surface area contributed by atoms with Crippen molar-refractivity contribution in [2.45, 2.75) is 12.5 Å². The fourth-order valence-corrected chi connectivity index (χ4v) is 2.41. The largest absolute Gasteiger partial charge is 0.488 e. The fourth-order valence-electron chi connectivity index (χ4n) is 2.41. The first-order chi connectivity index (χ1) is 10.4. The molecule has 0 amide bonds. The Morgan fingerprint density at radius 2 is 2.33 bits per heavy atom. The van der Waals surface area contributed by atoms with Gasteiger partial charge in [0.25, 0.3) is 0 Å². The predicted octanol–water partition coefficient (Wildman–Crippen LogP) is 2.19. The summed E-state index contributed by atoms with van der Waals surface area (Å²) in [5.41, 5.74) is 2.45. The van der Waals surface area contributed by atoms with Crippen LogP contribution in [0.25, 0.3) is 22.6 Å². The molecule has 1 N–H and O–H groups in total. The predicted molar refractivity (Wildman–Crippen MR) is 77.0 cm³/mol. The maximum Gasteiger partial charge on any atom is 0.181 e. The van der Waals surface area contributed by atoms with Crippen LogP contribution in [-0.4, -0.2) is 39.3 Å². The summed E-state index contributed by atoms with van der Waals surface area (Å²) in [6.45, 7) is 1.43. The average Bonchev–Trinajstić information content (AvgIpc) is 3.16. The third-order valence-corrected chi connectivity index (χ3v) is 3.46. The van der Waals surface area contributed by atoms with Crippen LogP contribution in [0.1, 0.15) is 6.42 Å². The molecule has 0 bridgehead atoms. The van der Waals surface area contributed by atoms with E-state index in [4.69, 9.17) is 9.47 Å². The Balaban J connectivity index is 1.64. The van der Waals surface area contributed by atoms with Crippen LogP contribution < -0.4 is 4.74 Å². The van der Waals surface area contributed by atoms with Crippen LogP contribution in [0.5, 0.6) is 5.75 Å². The van der Waals surface area contributed by atoms with Gasteiger partial charge in [-0.25, -0.2) is 15.0 Å². The number of rotatable bonds is 3. The van der Waals surface area contributed by atoms with Crippen molar-refractivity contribution < 1.29 is 9.47 Å². The van der Waals surface area contributed by atoms with Crippen LogP contribution in [0.4, 0.5) is 0 Å². The maximum absolute atomic E-state index is 5.92. The topological polar surface area (TPSA) is 72.9 Å². The smallest absolute Gasteiger partial charge is 0.181 e. The number of fused-ring (bicyclic) bond motifs is 1. The monoisotopic (exact) mass is 282 g/mol. The maximum atomic E-state index is 5.92. The number of hydrogen-bond donors (Lipinski definition) is 1. The van der Waals surface area contributed by atoms with Gasteiger partial charge in [-0.2, -0.15) is 0 Å². The molecule has 0 aliphatic carbocycles. The normalized spacial score (nSPS) is 18.2. The second kappa shape index (κ2) is 5.14. The summed E-state index contributed by atoms with van der Waals surface area (Å²) in [5.74, 6) is 1.59. The van der Waals surface area contributed by atoms with E-state index in [9.17, 15) is 0 Å². The molecular weight excluding hydrogens is 268 g/mol. The second-order valence-electron chi connectivity index (χ2n) is 4.98. The average molecular weight is 282 g/mol. The highest BCUT2D eigenvalue weighted by Crippen LogP contribution is 2.24. The van der Waals surface area contributed by atoms with E-state index in [-0.39, 0.29) is 6.10 Å².